The Morgan fingerprint density at radius 2 is 2.35 bits per heavy atom. The maximum Gasteiger partial charge on any atom is 0.294 e. The molecular weight excluding hydrogens is 220 g/mol. The SMILES string of the molecule is O=C(Nc1[c]cccc1)C(=O)C1CNCCO1. The highest BCUT2D eigenvalue weighted by Crippen LogP contribution is 2.05. The Balaban J connectivity index is 1.93. The Hall–Kier alpha value is -1.72. The molecule has 89 valence electrons. The van der Waals surface area contributed by atoms with Gasteiger partial charge in [0.25, 0.3) is 5.91 Å². The van der Waals surface area contributed by atoms with Gasteiger partial charge in [-0.1, -0.05) is 18.2 Å². The molecule has 1 aliphatic rings. The van der Waals surface area contributed by atoms with Gasteiger partial charge in [0.1, 0.15) is 6.10 Å². The lowest BCUT2D eigenvalue weighted by Crippen LogP contribution is -2.46. The number of para-hydroxylation sites is 1. The van der Waals surface area contributed by atoms with E-state index >= 15 is 0 Å². The summed E-state index contributed by atoms with van der Waals surface area (Å²) in [6, 6.07) is 9.70. The molecule has 0 saturated carbocycles. The van der Waals surface area contributed by atoms with Crippen molar-refractivity contribution in [1.29, 1.82) is 0 Å². The average molecular weight is 233 g/mol. The van der Waals surface area contributed by atoms with Crippen LogP contribution in [0.3, 0.4) is 0 Å². The fourth-order valence-corrected chi connectivity index (χ4v) is 1.54. The second-order valence-electron chi connectivity index (χ2n) is 3.66. The van der Waals surface area contributed by atoms with Crippen LogP contribution >= 0.6 is 0 Å². The number of ketones is 1. The number of morpholine rings is 1. The number of rotatable bonds is 3. The molecule has 17 heavy (non-hydrogen) atoms. The van der Waals surface area contributed by atoms with Crippen molar-refractivity contribution in [3.8, 4) is 0 Å². The molecule has 1 heterocycles. The number of anilines is 1. The summed E-state index contributed by atoms with van der Waals surface area (Å²) in [5, 5.41) is 5.49. The quantitative estimate of drug-likeness (QED) is 0.720. The number of hydrogen-bond donors (Lipinski definition) is 2. The lowest BCUT2D eigenvalue weighted by atomic mass is 10.2. The predicted molar refractivity (Wildman–Crippen MR) is 61.5 cm³/mol. The number of carbonyl (C=O) groups excluding carboxylic acids is 2. The van der Waals surface area contributed by atoms with Crippen LogP contribution in [0.25, 0.3) is 0 Å². The van der Waals surface area contributed by atoms with Crippen molar-refractivity contribution >= 4 is 17.4 Å². The minimum Gasteiger partial charge on any atom is -0.367 e. The molecule has 1 amide bonds. The van der Waals surface area contributed by atoms with Gasteiger partial charge in [0.05, 0.1) is 6.61 Å². The minimum absolute atomic E-state index is 0.380. The highest BCUT2D eigenvalue weighted by molar-refractivity contribution is 6.42. The minimum atomic E-state index is -0.688. The van der Waals surface area contributed by atoms with Crippen molar-refractivity contribution in [2.45, 2.75) is 6.10 Å². The molecule has 1 unspecified atom stereocenters. The van der Waals surface area contributed by atoms with Crippen LogP contribution in [0.2, 0.25) is 0 Å². The van der Waals surface area contributed by atoms with Crippen molar-refractivity contribution in [3.05, 3.63) is 30.3 Å². The maximum atomic E-state index is 11.7. The van der Waals surface area contributed by atoms with Crippen LogP contribution < -0.4 is 10.6 Å². The zero-order valence-corrected chi connectivity index (χ0v) is 9.23. The zero-order chi connectivity index (χ0) is 12.1. The largest absolute Gasteiger partial charge is 0.367 e. The van der Waals surface area contributed by atoms with Crippen LogP contribution in [0.15, 0.2) is 24.3 Å². The molecule has 1 atom stereocenters. The molecule has 0 aromatic heterocycles. The number of nitrogens with one attached hydrogen (secondary N) is 2. The van der Waals surface area contributed by atoms with E-state index in [4.69, 9.17) is 4.74 Å². The number of ether oxygens (including phenoxy) is 1. The van der Waals surface area contributed by atoms with Crippen LogP contribution in [0, 0.1) is 6.07 Å². The molecule has 1 aromatic carbocycles. The average Bonchev–Trinajstić information content (AvgIpc) is 2.40. The van der Waals surface area contributed by atoms with Crippen molar-refractivity contribution in [3.63, 3.8) is 0 Å². The Bertz CT molecular complexity index is 399. The highest BCUT2D eigenvalue weighted by Gasteiger charge is 2.27. The Kier molecular flexibility index (Phi) is 3.85. The first-order valence-electron chi connectivity index (χ1n) is 5.41. The summed E-state index contributed by atoms with van der Waals surface area (Å²) in [7, 11) is 0. The fourth-order valence-electron chi connectivity index (χ4n) is 1.54. The molecule has 5 heteroatoms. The van der Waals surface area contributed by atoms with Crippen LogP contribution in [0.5, 0.6) is 0 Å². The molecular formula is C12H13N2O3. The summed E-state index contributed by atoms with van der Waals surface area (Å²) < 4.78 is 5.22. The Morgan fingerprint density at radius 3 is 3.00 bits per heavy atom. The van der Waals surface area contributed by atoms with E-state index < -0.39 is 17.8 Å². The molecule has 1 aliphatic heterocycles. The molecule has 1 saturated heterocycles. The molecule has 2 N–H and O–H groups in total. The first-order chi connectivity index (χ1) is 8.27. The monoisotopic (exact) mass is 233 g/mol. The van der Waals surface area contributed by atoms with E-state index in [1.165, 1.54) is 0 Å². The molecule has 1 radical (unpaired) electrons. The number of Topliss-reactive ketones (excluding diaryl/α,β-unsaturated/α-hetero) is 1. The molecule has 5 nitrogen and oxygen atoms in total. The van der Waals surface area contributed by atoms with E-state index in [-0.39, 0.29) is 0 Å². The topological polar surface area (TPSA) is 67.4 Å². The molecule has 2 rings (SSSR count). The van der Waals surface area contributed by atoms with Crippen LogP contribution in [0.1, 0.15) is 0 Å². The van der Waals surface area contributed by atoms with Crippen molar-refractivity contribution in [2.75, 3.05) is 25.0 Å². The summed E-state index contributed by atoms with van der Waals surface area (Å²) in [6.07, 6.45) is -0.688. The van der Waals surface area contributed by atoms with E-state index in [0.717, 1.165) is 0 Å². The number of carbonyl (C=O) groups is 2. The van der Waals surface area contributed by atoms with E-state index in [1.807, 2.05) is 0 Å². The standard InChI is InChI=1S/C12H13N2O3/c15-11(10-8-13-6-7-17-10)12(16)14-9-4-2-1-3-5-9/h1-4,10,13H,6-8H2,(H,14,16). The highest BCUT2D eigenvalue weighted by atomic mass is 16.5. The van der Waals surface area contributed by atoms with Crippen LogP contribution in [-0.4, -0.2) is 37.5 Å². The summed E-state index contributed by atoms with van der Waals surface area (Å²) in [6.45, 7) is 1.53. The van der Waals surface area contributed by atoms with Gasteiger partial charge in [-0.2, -0.15) is 0 Å². The lowest BCUT2D eigenvalue weighted by molar-refractivity contribution is -0.143. The van der Waals surface area contributed by atoms with Gasteiger partial charge in [-0.05, 0) is 6.07 Å². The fraction of sp³-hybridized carbons (Fsp3) is 0.333. The predicted octanol–water partition coefficient (Wildman–Crippen LogP) is -0.0172. The zero-order valence-electron chi connectivity index (χ0n) is 9.23. The van der Waals surface area contributed by atoms with Crippen LogP contribution in [-0.2, 0) is 14.3 Å². The van der Waals surface area contributed by atoms with Gasteiger partial charge < -0.3 is 15.4 Å². The summed E-state index contributed by atoms with van der Waals surface area (Å²) in [4.78, 5) is 23.3. The summed E-state index contributed by atoms with van der Waals surface area (Å²) >= 11 is 0. The van der Waals surface area contributed by atoms with Gasteiger partial charge in [-0.25, -0.2) is 0 Å². The molecule has 1 aromatic rings. The third-order valence-corrected chi connectivity index (χ3v) is 2.40. The molecule has 0 aliphatic carbocycles. The lowest BCUT2D eigenvalue weighted by Gasteiger charge is -2.21. The number of amides is 1. The van der Waals surface area contributed by atoms with Crippen molar-refractivity contribution in [2.24, 2.45) is 0 Å². The van der Waals surface area contributed by atoms with Gasteiger partial charge in [0, 0.05) is 24.8 Å². The van der Waals surface area contributed by atoms with Crippen LogP contribution in [0.4, 0.5) is 5.69 Å². The van der Waals surface area contributed by atoms with Crippen molar-refractivity contribution in [1.82, 2.24) is 5.32 Å². The van der Waals surface area contributed by atoms with Gasteiger partial charge in [-0.3, -0.25) is 9.59 Å². The molecule has 1 fully saturated rings. The van der Waals surface area contributed by atoms with E-state index in [0.29, 0.717) is 25.4 Å². The second-order valence-corrected chi connectivity index (χ2v) is 3.66. The van der Waals surface area contributed by atoms with Gasteiger partial charge in [0.2, 0.25) is 5.78 Å². The van der Waals surface area contributed by atoms with Gasteiger partial charge in [-0.15, -0.1) is 0 Å². The first-order valence-corrected chi connectivity index (χ1v) is 5.41. The summed E-state index contributed by atoms with van der Waals surface area (Å²) in [5.74, 6) is -1.23. The second kappa shape index (κ2) is 5.56. The van der Waals surface area contributed by atoms with Gasteiger partial charge >= 0.3 is 0 Å². The summed E-state index contributed by atoms with van der Waals surface area (Å²) in [5.41, 5.74) is 0.481. The number of hydrogen-bond acceptors (Lipinski definition) is 4. The first kappa shape index (κ1) is 11.8. The third-order valence-electron chi connectivity index (χ3n) is 2.40. The third kappa shape index (κ3) is 3.12. The smallest absolute Gasteiger partial charge is 0.294 e. The Labute approximate surface area is 99.2 Å². The Morgan fingerprint density at radius 1 is 1.47 bits per heavy atom. The van der Waals surface area contributed by atoms with E-state index in [9.17, 15) is 9.59 Å². The number of benzene rings is 1. The van der Waals surface area contributed by atoms with E-state index in [2.05, 4.69) is 16.7 Å². The molecule has 0 bridgehead atoms. The van der Waals surface area contributed by atoms with Crippen molar-refractivity contribution < 1.29 is 14.3 Å². The van der Waals surface area contributed by atoms with E-state index in [1.54, 1.807) is 24.3 Å². The maximum absolute atomic E-state index is 11.7. The normalized spacial score (nSPS) is 19.6. The van der Waals surface area contributed by atoms with Gasteiger partial charge in [0.15, 0.2) is 0 Å². The molecule has 0 spiro atoms.